The SMILES string of the molecule is CC(C)Oc1ccc(-c2cnc(N)n2C)cc1. The van der Waals surface area contributed by atoms with E-state index < -0.39 is 0 Å². The number of aromatic nitrogens is 2. The molecule has 0 spiro atoms. The second-order valence-electron chi connectivity index (χ2n) is 4.25. The van der Waals surface area contributed by atoms with Crippen LogP contribution in [0.25, 0.3) is 11.3 Å². The third-order valence-corrected chi connectivity index (χ3v) is 2.55. The van der Waals surface area contributed by atoms with Crippen molar-refractivity contribution in [1.82, 2.24) is 9.55 Å². The number of hydrogen-bond acceptors (Lipinski definition) is 3. The molecule has 4 nitrogen and oxygen atoms in total. The zero-order chi connectivity index (χ0) is 12.4. The van der Waals surface area contributed by atoms with Crippen LogP contribution in [0.15, 0.2) is 30.5 Å². The molecule has 1 aromatic carbocycles. The molecule has 0 saturated heterocycles. The fourth-order valence-electron chi connectivity index (χ4n) is 1.67. The van der Waals surface area contributed by atoms with Crippen LogP contribution in [0.3, 0.4) is 0 Å². The molecule has 0 aliphatic carbocycles. The Kier molecular flexibility index (Phi) is 3.04. The van der Waals surface area contributed by atoms with Crippen LogP contribution in [-0.4, -0.2) is 15.7 Å². The second-order valence-corrected chi connectivity index (χ2v) is 4.25. The van der Waals surface area contributed by atoms with Crippen molar-refractivity contribution in [3.8, 4) is 17.0 Å². The predicted octanol–water partition coefficient (Wildman–Crippen LogP) is 2.46. The summed E-state index contributed by atoms with van der Waals surface area (Å²) in [4.78, 5) is 4.07. The van der Waals surface area contributed by atoms with E-state index in [0.29, 0.717) is 5.95 Å². The van der Waals surface area contributed by atoms with Crippen molar-refractivity contribution in [3.63, 3.8) is 0 Å². The molecule has 17 heavy (non-hydrogen) atoms. The van der Waals surface area contributed by atoms with Gasteiger partial charge in [0.15, 0.2) is 5.95 Å². The summed E-state index contributed by atoms with van der Waals surface area (Å²) < 4.78 is 7.45. The minimum atomic E-state index is 0.188. The lowest BCUT2D eigenvalue weighted by Gasteiger charge is -2.10. The number of benzene rings is 1. The number of imidazole rings is 1. The molecule has 1 aromatic heterocycles. The average molecular weight is 231 g/mol. The molecular formula is C13H17N3O. The molecule has 0 fully saturated rings. The maximum atomic E-state index is 5.70. The summed E-state index contributed by atoms with van der Waals surface area (Å²) in [7, 11) is 1.90. The summed E-state index contributed by atoms with van der Waals surface area (Å²) in [6.07, 6.45) is 1.96. The van der Waals surface area contributed by atoms with Crippen molar-refractivity contribution in [2.75, 3.05) is 5.73 Å². The molecule has 1 heterocycles. The lowest BCUT2D eigenvalue weighted by molar-refractivity contribution is 0.242. The molecule has 0 unspecified atom stereocenters. The van der Waals surface area contributed by atoms with Gasteiger partial charge in [0.25, 0.3) is 0 Å². The highest BCUT2D eigenvalue weighted by Crippen LogP contribution is 2.23. The number of rotatable bonds is 3. The maximum Gasteiger partial charge on any atom is 0.200 e. The van der Waals surface area contributed by atoms with E-state index in [4.69, 9.17) is 10.5 Å². The Morgan fingerprint density at radius 1 is 1.24 bits per heavy atom. The quantitative estimate of drug-likeness (QED) is 0.882. The molecule has 90 valence electrons. The number of nitrogen functional groups attached to an aromatic ring is 1. The minimum Gasteiger partial charge on any atom is -0.491 e. The fourth-order valence-corrected chi connectivity index (χ4v) is 1.67. The Labute approximate surface area is 101 Å². The van der Waals surface area contributed by atoms with Crippen molar-refractivity contribution in [2.24, 2.45) is 7.05 Å². The van der Waals surface area contributed by atoms with Crippen molar-refractivity contribution >= 4 is 5.95 Å². The van der Waals surface area contributed by atoms with Gasteiger partial charge in [0, 0.05) is 12.6 Å². The smallest absolute Gasteiger partial charge is 0.200 e. The van der Waals surface area contributed by atoms with E-state index in [-0.39, 0.29) is 6.10 Å². The summed E-state index contributed by atoms with van der Waals surface area (Å²) in [6, 6.07) is 7.93. The van der Waals surface area contributed by atoms with Crippen LogP contribution in [0.5, 0.6) is 5.75 Å². The summed E-state index contributed by atoms with van der Waals surface area (Å²) in [6.45, 7) is 4.02. The Bertz CT molecular complexity index is 500. The summed E-state index contributed by atoms with van der Waals surface area (Å²) >= 11 is 0. The number of nitrogens with zero attached hydrogens (tertiary/aromatic N) is 2. The van der Waals surface area contributed by atoms with Gasteiger partial charge >= 0.3 is 0 Å². The van der Waals surface area contributed by atoms with Gasteiger partial charge in [0.05, 0.1) is 18.0 Å². The van der Waals surface area contributed by atoms with Crippen molar-refractivity contribution in [1.29, 1.82) is 0 Å². The Balaban J connectivity index is 2.26. The van der Waals surface area contributed by atoms with E-state index in [1.807, 2.05) is 49.7 Å². The van der Waals surface area contributed by atoms with E-state index in [9.17, 15) is 0 Å². The van der Waals surface area contributed by atoms with Gasteiger partial charge in [0.1, 0.15) is 5.75 Å². The number of ether oxygens (including phenoxy) is 1. The third kappa shape index (κ3) is 2.41. The lowest BCUT2D eigenvalue weighted by Crippen LogP contribution is -2.05. The van der Waals surface area contributed by atoms with Gasteiger partial charge in [-0.3, -0.25) is 0 Å². The number of anilines is 1. The van der Waals surface area contributed by atoms with Crippen molar-refractivity contribution < 1.29 is 4.74 Å². The number of hydrogen-bond donors (Lipinski definition) is 1. The largest absolute Gasteiger partial charge is 0.491 e. The molecule has 4 heteroatoms. The normalized spacial score (nSPS) is 10.8. The van der Waals surface area contributed by atoms with Crippen LogP contribution in [0.2, 0.25) is 0 Å². The summed E-state index contributed by atoms with van der Waals surface area (Å²) in [5.74, 6) is 1.39. The molecule has 0 atom stereocenters. The van der Waals surface area contributed by atoms with E-state index >= 15 is 0 Å². The molecule has 0 bridgehead atoms. The number of nitrogens with two attached hydrogens (primary N) is 1. The molecule has 0 saturated carbocycles. The summed E-state index contributed by atoms with van der Waals surface area (Å²) in [5.41, 5.74) is 7.78. The van der Waals surface area contributed by atoms with E-state index in [1.54, 1.807) is 6.20 Å². The second kappa shape index (κ2) is 4.49. The fraction of sp³-hybridized carbons (Fsp3) is 0.308. The van der Waals surface area contributed by atoms with E-state index in [1.165, 1.54) is 0 Å². The van der Waals surface area contributed by atoms with Crippen molar-refractivity contribution in [2.45, 2.75) is 20.0 Å². The highest BCUT2D eigenvalue weighted by molar-refractivity contribution is 5.61. The van der Waals surface area contributed by atoms with Gasteiger partial charge in [-0.15, -0.1) is 0 Å². The van der Waals surface area contributed by atoms with Crippen LogP contribution < -0.4 is 10.5 Å². The van der Waals surface area contributed by atoms with Gasteiger partial charge in [-0.25, -0.2) is 4.98 Å². The zero-order valence-corrected chi connectivity index (χ0v) is 10.3. The van der Waals surface area contributed by atoms with Gasteiger partial charge in [-0.2, -0.15) is 0 Å². The molecule has 0 aliphatic rings. The summed E-state index contributed by atoms with van der Waals surface area (Å²) in [5, 5.41) is 0. The topological polar surface area (TPSA) is 53.1 Å². The molecule has 2 rings (SSSR count). The predicted molar refractivity (Wildman–Crippen MR) is 68.8 cm³/mol. The Hall–Kier alpha value is -1.97. The maximum absolute atomic E-state index is 5.70. The van der Waals surface area contributed by atoms with Gasteiger partial charge in [-0.1, -0.05) is 0 Å². The van der Waals surface area contributed by atoms with Gasteiger partial charge in [-0.05, 0) is 38.1 Å². The first-order valence-corrected chi connectivity index (χ1v) is 5.62. The Morgan fingerprint density at radius 3 is 2.35 bits per heavy atom. The van der Waals surface area contributed by atoms with Crippen LogP contribution in [-0.2, 0) is 7.05 Å². The minimum absolute atomic E-state index is 0.188. The lowest BCUT2D eigenvalue weighted by atomic mass is 10.1. The molecule has 2 aromatic rings. The molecule has 2 N–H and O–H groups in total. The van der Waals surface area contributed by atoms with Crippen LogP contribution in [0.1, 0.15) is 13.8 Å². The standard InChI is InChI=1S/C13H17N3O/c1-9(2)17-11-6-4-10(5-7-11)12-8-15-13(14)16(12)3/h4-9H,1-3H3,(H2,14,15). The van der Waals surface area contributed by atoms with Gasteiger partial charge in [0.2, 0.25) is 0 Å². The molecule has 0 aliphatic heterocycles. The van der Waals surface area contributed by atoms with E-state index in [0.717, 1.165) is 17.0 Å². The highest BCUT2D eigenvalue weighted by atomic mass is 16.5. The third-order valence-electron chi connectivity index (χ3n) is 2.55. The molecule has 0 amide bonds. The van der Waals surface area contributed by atoms with Crippen molar-refractivity contribution in [3.05, 3.63) is 30.5 Å². The first-order valence-electron chi connectivity index (χ1n) is 5.62. The first-order chi connectivity index (χ1) is 8.08. The van der Waals surface area contributed by atoms with Crippen LogP contribution >= 0.6 is 0 Å². The molecular weight excluding hydrogens is 214 g/mol. The highest BCUT2D eigenvalue weighted by Gasteiger charge is 2.06. The average Bonchev–Trinajstić information content (AvgIpc) is 2.60. The van der Waals surface area contributed by atoms with Gasteiger partial charge < -0.3 is 15.0 Å². The molecule has 0 radical (unpaired) electrons. The zero-order valence-electron chi connectivity index (χ0n) is 10.3. The first kappa shape index (κ1) is 11.5. The van der Waals surface area contributed by atoms with Crippen LogP contribution in [0, 0.1) is 0 Å². The van der Waals surface area contributed by atoms with Crippen LogP contribution in [0.4, 0.5) is 5.95 Å². The monoisotopic (exact) mass is 231 g/mol. The van der Waals surface area contributed by atoms with E-state index in [2.05, 4.69) is 4.98 Å². The Morgan fingerprint density at radius 2 is 1.88 bits per heavy atom.